The maximum Gasteiger partial charge on any atom is 0.293 e. The maximum atomic E-state index is 14.5. The standard InChI is InChI=1S/C28H21BrClFN2O2S/c29-20-11-12-25-21(15-20)19(16-32(25)17-22-23(30)9-4-10-24(22)31)14-26-27(34)33(28(35)36-26)13-5-8-18-6-2-1-3-7-18/h1-4,6-7,9-12,14-16H,5,8,13,17H2/b26-14-. The molecule has 0 spiro atoms. The molecule has 5 rings (SSSR count). The molecule has 0 N–H and O–H groups in total. The first kappa shape index (κ1) is 24.8. The summed E-state index contributed by atoms with van der Waals surface area (Å²) in [5.41, 5.74) is 3.21. The summed E-state index contributed by atoms with van der Waals surface area (Å²) in [4.78, 5) is 27.4. The molecule has 1 aromatic heterocycles. The van der Waals surface area contributed by atoms with Crippen LogP contribution in [0.3, 0.4) is 0 Å². The van der Waals surface area contributed by atoms with Crippen molar-refractivity contribution in [2.75, 3.05) is 6.54 Å². The molecular weight excluding hydrogens is 563 g/mol. The van der Waals surface area contributed by atoms with Gasteiger partial charge in [-0.25, -0.2) is 4.39 Å². The summed E-state index contributed by atoms with van der Waals surface area (Å²) in [5, 5.41) is 0.974. The van der Waals surface area contributed by atoms with E-state index >= 15 is 0 Å². The van der Waals surface area contributed by atoms with Gasteiger partial charge >= 0.3 is 0 Å². The van der Waals surface area contributed by atoms with E-state index in [1.54, 1.807) is 18.2 Å². The third kappa shape index (κ3) is 5.14. The molecule has 1 saturated heterocycles. The molecule has 0 aliphatic carbocycles. The van der Waals surface area contributed by atoms with Crippen molar-refractivity contribution < 1.29 is 14.0 Å². The Labute approximate surface area is 225 Å². The number of imide groups is 1. The lowest BCUT2D eigenvalue weighted by Crippen LogP contribution is -2.29. The van der Waals surface area contributed by atoms with E-state index in [0.29, 0.717) is 28.5 Å². The Morgan fingerprint density at radius 3 is 2.61 bits per heavy atom. The van der Waals surface area contributed by atoms with E-state index in [0.717, 1.165) is 39.1 Å². The molecule has 0 saturated carbocycles. The van der Waals surface area contributed by atoms with Gasteiger partial charge in [0.05, 0.1) is 11.4 Å². The fraction of sp³-hybridized carbons (Fsp3) is 0.143. The lowest BCUT2D eigenvalue weighted by molar-refractivity contribution is -0.122. The molecule has 36 heavy (non-hydrogen) atoms. The van der Waals surface area contributed by atoms with Gasteiger partial charge in [0.25, 0.3) is 11.1 Å². The quantitative estimate of drug-likeness (QED) is 0.208. The summed E-state index contributed by atoms with van der Waals surface area (Å²) >= 11 is 10.7. The Balaban J connectivity index is 1.41. The molecule has 0 radical (unpaired) electrons. The minimum Gasteiger partial charge on any atom is -0.342 e. The first-order valence-corrected chi connectivity index (χ1v) is 13.4. The molecule has 0 atom stereocenters. The second-order valence-corrected chi connectivity index (χ2v) is 10.8. The topological polar surface area (TPSA) is 42.3 Å². The van der Waals surface area contributed by atoms with Crippen LogP contribution >= 0.6 is 39.3 Å². The predicted molar refractivity (Wildman–Crippen MR) is 148 cm³/mol. The largest absolute Gasteiger partial charge is 0.342 e. The molecule has 4 aromatic rings. The van der Waals surface area contributed by atoms with Gasteiger partial charge in [-0.1, -0.05) is 63.9 Å². The third-order valence-corrected chi connectivity index (χ3v) is 7.87. The molecule has 2 heterocycles. The smallest absolute Gasteiger partial charge is 0.293 e. The van der Waals surface area contributed by atoms with Crippen LogP contribution in [0.2, 0.25) is 5.02 Å². The number of nitrogens with zero attached hydrogens (tertiary/aromatic N) is 2. The Morgan fingerprint density at radius 2 is 1.83 bits per heavy atom. The van der Waals surface area contributed by atoms with Crippen LogP contribution in [0.5, 0.6) is 0 Å². The number of fused-ring (bicyclic) bond motifs is 1. The van der Waals surface area contributed by atoms with Crippen LogP contribution in [0.15, 0.2) is 82.3 Å². The molecule has 8 heteroatoms. The molecule has 1 aliphatic heterocycles. The van der Waals surface area contributed by atoms with E-state index in [4.69, 9.17) is 11.6 Å². The number of aromatic nitrogens is 1. The summed E-state index contributed by atoms with van der Waals surface area (Å²) in [6, 6.07) is 20.4. The number of thioether (sulfide) groups is 1. The van der Waals surface area contributed by atoms with Crippen LogP contribution in [0.4, 0.5) is 9.18 Å². The van der Waals surface area contributed by atoms with E-state index in [9.17, 15) is 14.0 Å². The van der Waals surface area contributed by atoms with Gasteiger partial charge in [0.15, 0.2) is 0 Å². The molecule has 1 aliphatic rings. The van der Waals surface area contributed by atoms with Crippen LogP contribution in [0, 0.1) is 5.82 Å². The number of hydrogen-bond donors (Lipinski definition) is 0. The minimum atomic E-state index is -0.375. The molecular formula is C28H21BrClFN2O2S. The zero-order valence-corrected chi connectivity index (χ0v) is 22.2. The normalized spacial score (nSPS) is 15.0. The predicted octanol–water partition coefficient (Wildman–Crippen LogP) is 7.91. The van der Waals surface area contributed by atoms with Gasteiger partial charge in [-0.2, -0.15) is 0 Å². The molecule has 1 fully saturated rings. The summed E-state index contributed by atoms with van der Waals surface area (Å²) in [5.74, 6) is -0.661. The lowest BCUT2D eigenvalue weighted by atomic mass is 10.1. The molecule has 0 unspecified atom stereocenters. The van der Waals surface area contributed by atoms with Gasteiger partial charge in [0.2, 0.25) is 0 Å². The average Bonchev–Trinajstić information content (AvgIpc) is 3.33. The van der Waals surface area contributed by atoms with Crippen molar-refractivity contribution in [1.82, 2.24) is 9.47 Å². The average molecular weight is 584 g/mol. The SMILES string of the molecule is O=C1S/C(=C\c2cn(Cc3c(F)cccc3Cl)c3ccc(Br)cc23)C(=O)N1CCCc1ccccc1. The van der Waals surface area contributed by atoms with Crippen molar-refractivity contribution in [2.45, 2.75) is 19.4 Å². The van der Waals surface area contributed by atoms with Gasteiger partial charge < -0.3 is 4.57 Å². The van der Waals surface area contributed by atoms with Crippen molar-refractivity contribution in [3.05, 3.63) is 110 Å². The zero-order chi connectivity index (χ0) is 25.2. The van der Waals surface area contributed by atoms with E-state index < -0.39 is 0 Å². The first-order chi connectivity index (χ1) is 17.4. The monoisotopic (exact) mass is 582 g/mol. The van der Waals surface area contributed by atoms with Crippen LogP contribution < -0.4 is 0 Å². The molecule has 2 amide bonds. The second-order valence-electron chi connectivity index (χ2n) is 8.50. The fourth-order valence-electron chi connectivity index (χ4n) is 4.32. The van der Waals surface area contributed by atoms with Crippen molar-refractivity contribution in [1.29, 1.82) is 0 Å². The van der Waals surface area contributed by atoms with Crippen LogP contribution in [0.1, 0.15) is 23.1 Å². The van der Waals surface area contributed by atoms with Crippen molar-refractivity contribution in [2.24, 2.45) is 0 Å². The summed E-state index contributed by atoms with van der Waals surface area (Å²) in [7, 11) is 0. The number of halogens is 3. The van der Waals surface area contributed by atoms with Gasteiger partial charge in [-0.3, -0.25) is 14.5 Å². The molecule has 0 bridgehead atoms. The molecule has 4 nitrogen and oxygen atoms in total. The van der Waals surface area contributed by atoms with E-state index in [2.05, 4.69) is 15.9 Å². The molecule has 3 aromatic carbocycles. The number of carbonyl (C=O) groups is 2. The number of hydrogen-bond acceptors (Lipinski definition) is 3. The van der Waals surface area contributed by atoms with E-state index in [-0.39, 0.29) is 23.5 Å². The minimum absolute atomic E-state index is 0.235. The third-order valence-electron chi connectivity index (χ3n) is 6.11. The Bertz CT molecular complexity index is 1480. The van der Waals surface area contributed by atoms with Crippen LogP contribution in [-0.2, 0) is 17.8 Å². The Kier molecular flexibility index (Phi) is 7.32. The highest BCUT2D eigenvalue weighted by Crippen LogP contribution is 2.35. The highest BCUT2D eigenvalue weighted by Gasteiger charge is 2.34. The molecule has 182 valence electrons. The number of aryl methyl sites for hydroxylation is 1. The first-order valence-electron chi connectivity index (χ1n) is 11.4. The maximum absolute atomic E-state index is 14.5. The van der Waals surface area contributed by atoms with Crippen LogP contribution in [-0.4, -0.2) is 27.2 Å². The lowest BCUT2D eigenvalue weighted by Gasteiger charge is -2.12. The van der Waals surface area contributed by atoms with E-state index in [1.807, 2.05) is 59.3 Å². The summed E-state index contributed by atoms with van der Waals surface area (Å²) < 4.78 is 17.3. The van der Waals surface area contributed by atoms with Crippen molar-refractivity contribution >= 4 is 67.4 Å². The van der Waals surface area contributed by atoms with Gasteiger partial charge in [-0.15, -0.1) is 0 Å². The highest BCUT2D eigenvalue weighted by atomic mass is 79.9. The van der Waals surface area contributed by atoms with Gasteiger partial charge in [0, 0.05) is 44.3 Å². The highest BCUT2D eigenvalue weighted by molar-refractivity contribution is 9.10. The van der Waals surface area contributed by atoms with Gasteiger partial charge in [0.1, 0.15) is 5.82 Å². The number of carbonyl (C=O) groups excluding carboxylic acids is 2. The summed E-state index contributed by atoms with van der Waals surface area (Å²) in [6.45, 7) is 0.606. The Morgan fingerprint density at radius 1 is 1.03 bits per heavy atom. The zero-order valence-electron chi connectivity index (χ0n) is 19.1. The summed E-state index contributed by atoms with van der Waals surface area (Å²) in [6.07, 6.45) is 5.10. The number of amides is 2. The number of rotatable bonds is 7. The second kappa shape index (κ2) is 10.6. The van der Waals surface area contributed by atoms with E-state index in [1.165, 1.54) is 16.5 Å². The van der Waals surface area contributed by atoms with Crippen molar-refractivity contribution in [3.63, 3.8) is 0 Å². The fourth-order valence-corrected chi connectivity index (χ4v) is 5.76. The van der Waals surface area contributed by atoms with Crippen molar-refractivity contribution in [3.8, 4) is 0 Å². The number of benzene rings is 3. The Hall–Kier alpha value is -2.87. The van der Waals surface area contributed by atoms with Crippen LogP contribution in [0.25, 0.3) is 17.0 Å². The van der Waals surface area contributed by atoms with Gasteiger partial charge in [-0.05, 0) is 66.6 Å².